The molecule has 2 atom stereocenters. The predicted molar refractivity (Wildman–Crippen MR) is 63.5 cm³/mol. The van der Waals surface area contributed by atoms with Crippen LogP contribution < -0.4 is 11.3 Å². The van der Waals surface area contributed by atoms with E-state index < -0.39 is 0 Å². The first kappa shape index (κ1) is 11.0. The van der Waals surface area contributed by atoms with Crippen LogP contribution in [0.4, 0.5) is 0 Å². The second-order valence-corrected chi connectivity index (χ2v) is 5.21. The Labute approximate surface area is 94.6 Å². The third-order valence-electron chi connectivity index (χ3n) is 3.07. The van der Waals surface area contributed by atoms with E-state index in [1.54, 1.807) is 0 Å². The number of thioether (sulfide) groups is 1. The average Bonchev–Trinajstić information content (AvgIpc) is 2.86. The first-order chi connectivity index (χ1) is 7.31. The molecule has 15 heavy (non-hydrogen) atoms. The molecule has 0 radical (unpaired) electrons. The van der Waals surface area contributed by atoms with Gasteiger partial charge in [-0.1, -0.05) is 0 Å². The Morgan fingerprint density at radius 1 is 1.80 bits per heavy atom. The van der Waals surface area contributed by atoms with E-state index in [-0.39, 0.29) is 0 Å². The molecular formula is C10H18N4S. The van der Waals surface area contributed by atoms with Gasteiger partial charge in [-0.05, 0) is 23.8 Å². The number of nitrogens with one attached hydrogen (secondary N) is 1. The summed E-state index contributed by atoms with van der Waals surface area (Å²) in [6.45, 7) is 0. The maximum Gasteiger partial charge on any atom is 0.109 e. The fraction of sp³-hybridized carbons (Fsp3) is 0.700. The molecule has 3 N–H and O–H groups in total. The predicted octanol–water partition coefficient (Wildman–Crippen LogP) is 0.548. The molecule has 4 nitrogen and oxygen atoms in total. The fourth-order valence-corrected chi connectivity index (χ4v) is 3.36. The number of nitrogens with zero attached hydrogens (tertiary/aromatic N) is 2. The molecule has 0 saturated carbocycles. The molecule has 5 heteroatoms. The van der Waals surface area contributed by atoms with Crippen LogP contribution in [-0.2, 0) is 13.5 Å². The molecule has 1 aromatic heterocycles. The van der Waals surface area contributed by atoms with Gasteiger partial charge in [-0.2, -0.15) is 11.8 Å². The summed E-state index contributed by atoms with van der Waals surface area (Å²) in [5.41, 5.74) is 2.94. The van der Waals surface area contributed by atoms with Crippen molar-refractivity contribution < 1.29 is 0 Å². The van der Waals surface area contributed by atoms with Gasteiger partial charge in [0, 0.05) is 31.9 Å². The first-order valence-electron chi connectivity index (χ1n) is 5.31. The largest absolute Gasteiger partial charge is 0.338 e. The summed E-state index contributed by atoms with van der Waals surface area (Å²) in [4.78, 5) is 4.34. The number of imidazole rings is 1. The minimum absolute atomic E-state index is 0.362. The number of hydrazine groups is 1. The zero-order valence-corrected chi connectivity index (χ0v) is 9.83. The van der Waals surface area contributed by atoms with Crippen LogP contribution in [0.5, 0.6) is 0 Å². The van der Waals surface area contributed by atoms with E-state index in [2.05, 4.69) is 15.0 Å². The van der Waals surface area contributed by atoms with Crippen LogP contribution in [0.1, 0.15) is 12.2 Å². The van der Waals surface area contributed by atoms with Crippen molar-refractivity contribution >= 4 is 11.8 Å². The van der Waals surface area contributed by atoms with Gasteiger partial charge in [0.2, 0.25) is 0 Å². The van der Waals surface area contributed by atoms with Gasteiger partial charge in [0.25, 0.3) is 0 Å². The molecule has 1 aliphatic heterocycles. The summed E-state index contributed by atoms with van der Waals surface area (Å²) in [6.07, 6.45) is 6.01. The van der Waals surface area contributed by atoms with Gasteiger partial charge in [-0.15, -0.1) is 0 Å². The molecule has 0 aromatic carbocycles. The molecule has 1 aliphatic rings. The summed E-state index contributed by atoms with van der Waals surface area (Å²) in [5, 5.41) is 0. The van der Waals surface area contributed by atoms with Gasteiger partial charge in [0.05, 0.1) is 0 Å². The Balaban J connectivity index is 1.98. The van der Waals surface area contributed by atoms with Crippen LogP contribution >= 0.6 is 11.8 Å². The van der Waals surface area contributed by atoms with E-state index in [9.17, 15) is 0 Å². The minimum atomic E-state index is 0.362. The summed E-state index contributed by atoms with van der Waals surface area (Å²) in [5.74, 6) is 9.91. The normalized spacial score (nSPS) is 23.2. The van der Waals surface area contributed by atoms with E-state index in [1.165, 1.54) is 17.9 Å². The van der Waals surface area contributed by atoms with Gasteiger partial charge in [0.1, 0.15) is 5.82 Å². The lowest BCUT2D eigenvalue weighted by molar-refractivity contribution is 0.378. The fourth-order valence-electron chi connectivity index (χ4n) is 2.02. The van der Waals surface area contributed by atoms with Crippen molar-refractivity contribution in [2.24, 2.45) is 18.8 Å². The van der Waals surface area contributed by atoms with Crippen LogP contribution in [0, 0.1) is 5.92 Å². The molecule has 2 unspecified atom stereocenters. The van der Waals surface area contributed by atoms with E-state index in [0.29, 0.717) is 12.0 Å². The zero-order valence-electron chi connectivity index (χ0n) is 9.02. The summed E-state index contributed by atoms with van der Waals surface area (Å²) in [7, 11) is 2.03. The molecule has 2 heterocycles. The monoisotopic (exact) mass is 226 g/mol. The molecule has 0 aliphatic carbocycles. The maximum absolute atomic E-state index is 5.62. The highest BCUT2D eigenvalue weighted by atomic mass is 32.2. The smallest absolute Gasteiger partial charge is 0.109 e. The van der Waals surface area contributed by atoms with E-state index >= 15 is 0 Å². The topological polar surface area (TPSA) is 55.9 Å². The highest BCUT2D eigenvalue weighted by Gasteiger charge is 2.25. The van der Waals surface area contributed by atoms with Crippen LogP contribution in [0.2, 0.25) is 0 Å². The Morgan fingerprint density at radius 2 is 2.67 bits per heavy atom. The van der Waals surface area contributed by atoms with Crippen molar-refractivity contribution in [2.75, 3.05) is 11.5 Å². The molecule has 84 valence electrons. The van der Waals surface area contributed by atoms with Crippen molar-refractivity contribution in [1.29, 1.82) is 0 Å². The van der Waals surface area contributed by atoms with Crippen molar-refractivity contribution in [1.82, 2.24) is 15.0 Å². The van der Waals surface area contributed by atoms with Crippen LogP contribution in [0.25, 0.3) is 0 Å². The number of aromatic nitrogens is 2. The average molecular weight is 226 g/mol. The number of hydrogen-bond donors (Lipinski definition) is 2. The van der Waals surface area contributed by atoms with Crippen molar-refractivity contribution in [3.8, 4) is 0 Å². The van der Waals surface area contributed by atoms with Gasteiger partial charge < -0.3 is 4.57 Å². The lowest BCUT2D eigenvalue weighted by Gasteiger charge is -2.21. The molecule has 0 amide bonds. The number of nitrogens with two attached hydrogens (primary N) is 1. The quantitative estimate of drug-likeness (QED) is 0.581. The number of aryl methyl sites for hydroxylation is 1. The maximum atomic E-state index is 5.62. The Kier molecular flexibility index (Phi) is 3.66. The molecule has 1 saturated heterocycles. The van der Waals surface area contributed by atoms with Crippen LogP contribution in [0.15, 0.2) is 12.4 Å². The molecule has 1 fully saturated rings. The Morgan fingerprint density at radius 3 is 3.20 bits per heavy atom. The number of rotatable bonds is 4. The third-order valence-corrected chi connectivity index (χ3v) is 4.26. The number of hydrogen-bond acceptors (Lipinski definition) is 4. The van der Waals surface area contributed by atoms with E-state index in [1.807, 2.05) is 31.2 Å². The Bertz CT molecular complexity index is 306. The first-order valence-corrected chi connectivity index (χ1v) is 6.47. The standard InChI is InChI=1S/C10H18N4S/c1-14-4-3-12-10(14)6-9(13-11)8-2-5-15-7-8/h3-4,8-9,13H,2,5-7,11H2,1H3. The van der Waals surface area contributed by atoms with Gasteiger partial charge in [0.15, 0.2) is 0 Å². The lowest BCUT2D eigenvalue weighted by atomic mass is 9.97. The van der Waals surface area contributed by atoms with Gasteiger partial charge in [-0.3, -0.25) is 11.3 Å². The third kappa shape index (κ3) is 2.53. The zero-order chi connectivity index (χ0) is 10.7. The van der Waals surface area contributed by atoms with Crippen molar-refractivity contribution in [2.45, 2.75) is 18.9 Å². The molecule has 0 bridgehead atoms. The Hall–Kier alpha value is -0.520. The molecule has 0 spiro atoms. The van der Waals surface area contributed by atoms with Crippen LogP contribution in [0.3, 0.4) is 0 Å². The lowest BCUT2D eigenvalue weighted by Crippen LogP contribution is -2.43. The minimum Gasteiger partial charge on any atom is -0.338 e. The molecule has 2 rings (SSSR count). The van der Waals surface area contributed by atoms with Crippen molar-refractivity contribution in [3.63, 3.8) is 0 Å². The van der Waals surface area contributed by atoms with E-state index in [4.69, 9.17) is 5.84 Å². The van der Waals surface area contributed by atoms with Gasteiger partial charge >= 0.3 is 0 Å². The van der Waals surface area contributed by atoms with Gasteiger partial charge in [-0.25, -0.2) is 4.98 Å². The van der Waals surface area contributed by atoms with E-state index in [0.717, 1.165) is 12.2 Å². The highest BCUT2D eigenvalue weighted by Crippen LogP contribution is 2.27. The SMILES string of the molecule is Cn1ccnc1CC(NN)C1CCSC1. The summed E-state index contributed by atoms with van der Waals surface area (Å²) < 4.78 is 2.06. The second kappa shape index (κ2) is 5.01. The van der Waals surface area contributed by atoms with Crippen LogP contribution in [-0.4, -0.2) is 27.1 Å². The summed E-state index contributed by atoms with van der Waals surface area (Å²) in [6, 6.07) is 0.362. The van der Waals surface area contributed by atoms with Crippen molar-refractivity contribution in [3.05, 3.63) is 18.2 Å². The molecular weight excluding hydrogens is 208 g/mol. The highest BCUT2D eigenvalue weighted by molar-refractivity contribution is 7.99. The second-order valence-electron chi connectivity index (χ2n) is 4.06. The summed E-state index contributed by atoms with van der Waals surface area (Å²) >= 11 is 2.02. The molecule has 1 aromatic rings.